The van der Waals surface area contributed by atoms with E-state index in [2.05, 4.69) is 57.1 Å². The molecule has 5 nitrogen and oxygen atoms in total. The van der Waals surface area contributed by atoms with E-state index >= 15 is 0 Å². The number of carbonyl (C=O) groups is 1. The molecule has 2 aliphatic rings. The highest BCUT2D eigenvalue weighted by molar-refractivity contribution is 5.76. The lowest BCUT2D eigenvalue weighted by Crippen LogP contribution is -3.13. The number of nitrogens with zero attached hydrogens (tertiary/aromatic N) is 2. The molecule has 6 heteroatoms. The van der Waals surface area contributed by atoms with Crippen LogP contribution in [0.2, 0.25) is 0 Å². The Balaban J connectivity index is 0.00000320. The van der Waals surface area contributed by atoms with Gasteiger partial charge >= 0.3 is 0 Å². The fourth-order valence-corrected chi connectivity index (χ4v) is 5.08. The standard InChI is InChI=1S/C24H39N3O2.ClH/c1-5-27(6-2)23(28)13-12-22-14-16-24(29-22)15-7-17-26(19-24)18-20-8-10-21(11-9-20)25(3)4;/h8-11,22H,5-7,12-19H2,1-4H3;1H/t22-,24-;/m0./s1. The minimum Gasteiger partial charge on any atom is -1.00 e. The van der Waals surface area contributed by atoms with Gasteiger partial charge in [0.05, 0.1) is 12.6 Å². The molecule has 2 heterocycles. The van der Waals surface area contributed by atoms with E-state index in [1.54, 1.807) is 4.90 Å². The zero-order chi connectivity index (χ0) is 20.9. The molecule has 170 valence electrons. The first kappa shape index (κ1) is 25.0. The molecule has 0 saturated carbocycles. The van der Waals surface area contributed by atoms with Gasteiger partial charge in [-0.1, -0.05) is 12.1 Å². The van der Waals surface area contributed by atoms with Gasteiger partial charge < -0.3 is 31.8 Å². The highest BCUT2D eigenvalue weighted by Gasteiger charge is 2.45. The van der Waals surface area contributed by atoms with Crippen LogP contribution in [0.1, 0.15) is 57.9 Å². The van der Waals surface area contributed by atoms with Crippen molar-refractivity contribution in [2.75, 3.05) is 45.2 Å². The monoisotopic (exact) mass is 437 g/mol. The second-order valence-corrected chi connectivity index (χ2v) is 9.08. The number of hydrogen-bond donors (Lipinski definition) is 1. The molecular weight excluding hydrogens is 398 g/mol. The normalized spacial score (nSPS) is 25.7. The van der Waals surface area contributed by atoms with Crippen molar-refractivity contribution in [3.8, 4) is 0 Å². The molecule has 3 atom stereocenters. The van der Waals surface area contributed by atoms with E-state index in [4.69, 9.17) is 4.74 Å². The van der Waals surface area contributed by atoms with Gasteiger partial charge in [0.1, 0.15) is 18.7 Å². The summed E-state index contributed by atoms with van der Waals surface area (Å²) in [6.07, 6.45) is 6.42. The molecule has 0 radical (unpaired) electrons. The molecule has 30 heavy (non-hydrogen) atoms. The van der Waals surface area contributed by atoms with Gasteiger partial charge in [-0.05, 0) is 58.1 Å². The zero-order valence-corrected chi connectivity index (χ0v) is 20.0. The molecule has 0 aromatic heterocycles. The number of likely N-dealkylation sites (tertiary alicyclic amines) is 1. The van der Waals surface area contributed by atoms with Crippen molar-refractivity contribution >= 4 is 11.6 Å². The lowest BCUT2D eigenvalue weighted by atomic mass is 9.89. The number of anilines is 1. The van der Waals surface area contributed by atoms with Crippen molar-refractivity contribution < 1.29 is 26.8 Å². The summed E-state index contributed by atoms with van der Waals surface area (Å²) < 4.78 is 6.61. The Kier molecular flexibility index (Phi) is 9.45. The number of halogens is 1. The van der Waals surface area contributed by atoms with E-state index in [9.17, 15) is 4.79 Å². The molecule has 1 unspecified atom stereocenters. The largest absolute Gasteiger partial charge is 1.00 e. The quantitative estimate of drug-likeness (QED) is 0.596. The number of benzene rings is 1. The van der Waals surface area contributed by atoms with E-state index in [0.29, 0.717) is 6.42 Å². The Morgan fingerprint density at radius 2 is 1.87 bits per heavy atom. The fraction of sp³-hybridized carbons (Fsp3) is 0.708. The lowest BCUT2D eigenvalue weighted by molar-refractivity contribution is -0.925. The topological polar surface area (TPSA) is 37.2 Å². The highest BCUT2D eigenvalue weighted by Crippen LogP contribution is 2.36. The Hall–Kier alpha value is -1.30. The number of carbonyl (C=O) groups excluding carboxylic acids is 1. The predicted molar refractivity (Wildman–Crippen MR) is 118 cm³/mol. The lowest BCUT2D eigenvalue weighted by Gasteiger charge is -2.37. The molecule has 1 aromatic rings. The third-order valence-electron chi connectivity index (χ3n) is 6.78. The van der Waals surface area contributed by atoms with Crippen LogP contribution in [0.3, 0.4) is 0 Å². The number of amides is 1. The summed E-state index contributed by atoms with van der Waals surface area (Å²) >= 11 is 0. The fourth-order valence-electron chi connectivity index (χ4n) is 5.08. The third kappa shape index (κ3) is 6.35. The minimum absolute atomic E-state index is 0. The van der Waals surface area contributed by atoms with E-state index in [1.165, 1.54) is 30.6 Å². The van der Waals surface area contributed by atoms with Gasteiger partial charge in [0.2, 0.25) is 5.91 Å². The van der Waals surface area contributed by atoms with Crippen LogP contribution in [0.15, 0.2) is 24.3 Å². The summed E-state index contributed by atoms with van der Waals surface area (Å²) in [5, 5.41) is 0. The Bertz CT molecular complexity index is 663. The van der Waals surface area contributed by atoms with Crippen molar-refractivity contribution in [1.82, 2.24) is 4.90 Å². The summed E-state index contributed by atoms with van der Waals surface area (Å²) in [7, 11) is 4.16. The van der Waals surface area contributed by atoms with Gasteiger partial charge in [-0.15, -0.1) is 0 Å². The first-order valence-corrected chi connectivity index (χ1v) is 11.5. The van der Waals surface area contributed by atoms with Crippen molar-refractivity contribution in [2.45, 2.75) is 70.6 Å². The van der Waals surface area contributed by atoms with Gasteiger partial charge in [-0.3, -0.25) is 4.79 Å². The van der Waals surface area contributed by atoms with Crippen LogP contribution in [0.5, 0.6) is 0 Å². The summed E-state index contributed by atoms with van der Waals surface area (Å²) in [5.41, 5.74) is 2.70. The van der Waals surface area contributed by atoms with E-state index in [1.807, 2.05) is 4.90 Å². The molecule has 1 spiro atoms. The smallest absolute Gasteiger partial charge is 0.222 e. The maximum absolute atomic E-state index is 12.3. The molecule has 2 saturated heterocycles. The van der Waals surface area contributed by atoms with Crippen molar-refractivity contribution in [3.05, 3.63) is 29.8 Å². The van der Waals surface area contributed by atoms with Crippen LogP contribution in [0, 0.1) is 0 Å². The van der Waals surface area contributed by atoms with Crippen LogP contribution in [-0.2, 0) is 16.1 Å². The summed E-state index contributed by atoms with van der Waals surface area (Å²) in [6.45, 7) is 9.11. The second kappa shape index (κ2) is 11.4. The third-order valence-corrected chi connectivity index (χ3v) is 6.78. The summed E-state index contributed by atoms with van der Waals surface area (Å²) in [4.78, 5) is 18.0. The SMILES string of the molecule is CCN(CC)C(=O)CC[C@H]1CC[C@]2(CCC[NH+](Cc3ccc(N(C)C)cc3)C2)O1.[Cl-]. The average molecular weight is 438 g/mol. The van der Waals surface area contributed by atoms with Gasteiger partial charge in [0.25, 0.3) is 0 Å². The maximum Gasteiger partial charge on any atom is 0.222 e. The van der Waals surface area contributed by atoms with E-state index in [-0.39, 0.29) is 30.0 Å². The van der Waals surface area contributed by atoms with Crippen LogP contribution in [-0.4, -0.2) is 62.8 Å². The Morgan fingerprint density at radius 3 is 2.50 bits per heavy atom. The zero-order valence-electron chi connectivity index (χ0n) is 19.3. The molecule has 0 bridgehead atoms. The molecule has 2 fully saturated rings. The molecule has 1 N–H and O–H groups in total. The number of ether oxygens (including phenoxy) is 1. The van der Waals surface area contributed by atoms with E-state index < -0.39 is 0 Å². The number of rotatable bonds is 8. The number of nitrogens with one attached hydrogen (secondary N) is 1. The molecular formula is C24H40ClN3O2. The van der Waals surface area contributed by atoms with Crippen LogP contribution < -0.4 is 22.2 Å². The van der Waals surface area contributed by atoms with Crippen LogP contribution >= 0.6 is 0 Å². The summed E-state index contributed by atoms with van der Waals surface area (Å²) in [6, 6.07) is 8.95. The number of quaternary nitrogens is 1. The summed E-state index contributed by atoms with van der Waals surface area (Å²) in [5.74, 6) is 0.275. The maximum atomic E-state index is 12.3. The molecule has 0 aliphatic carbocycles. The first-order chi connectivity index (χ1) is 13.9. The predicted octanol–water partition coefficient (Wildman–Crippen LogP) is -0.498. The minimum atomic E-state index is 0. The molecule has 2 aliphatic heterocycles. The number of hydrogen-bond acceptors (Lipinski definition) is 3. The van der Waals surface area contributed by atoms with Gasteiger partial charge in [0.15, 0.2) is 0 Å². The average Bonchev–Trinajstić information content (AvgIpc) is 3.09. The van der Waals surface area contributed by atoms with Gasteiger partial charge in [0, 0.05) is 44.9 Å². The highest BCUT2D eigenvalue weighted by atomic mass is 35.5. The van der Waals surface area contributed by atoms with Gasteiger partial charge in [-0.25, -0.2) is 0 Å². The van der Waals surface area contributed by atoms with E-state index in [0.717, 1.165) is 45.4 Å². The molecule has 1 amide bonds. The van der Waals surface area contributed by atoms with Crippen LogP contribution in [0.4, 0.5) is 5.69 Å². The Labute approximate surface area is 189 Å². The van der Waals surface area contributed by atoms with Crippen molar-refractivity contribution in [2.24, 2.45) is 0 Å². The van der Waals surface area contributed by atoms with Crippen LogP contribution in [0.25, 0.3) is 0 Å². The first-order valence-electron chi connectivity index (χ1n) is 11.5. The number of piperidine rings is 1. The second-order valence-electron chi connectivity index (χ2n) is 9.08. The molecule has 1 aromatic carbocycles. The Morgan fingerprint density at radius 1 is 1.17 bits per heavy atom. The molecule has 3 rings (SSSR count). The van der Waals surface area contributed by atoms with Gasteiger partial charge in [-0.2, -0.15) is 0 Å². The van der Waals surface area contributed by atoms with Crippen molar-refractivity contribution in [3.63, 3.8) is 0 Å². The van der Waals surface area contributed by atoms with Crippen molar-refractivity contribution in [1.29, 1.82) is 0 Å².